The normalized spacial score (nSPS) is 25.3. The van der Waals surface area contributed by atoms with Gasteiger partial charge in [0.1, 0.15) is 12.2 Å². The van der Waals surface area contributed by atoms with Crippen LogP contribution in [-0.2, 0) is 38.3 Å². The van der Waals surface area contributed by atoms with Gasteiger partial charge in [0.05, 0.1) is 14.2 Å². The second-order valence-corrected chi connectivity index (χ2v) is 14.7. The van der Waals surface area contributed by atoms with Crippen LogP contribution in [0.3, 0.4) is 0 Å². The number of aromatic hydroxyl groups is 2. The van der Waals surface area contributed by atoms with Crippen molar-refractivity contribution >= 4 is 18.0 Å². The van der Waals surface area contributed by atoms with Crippen LogP contribution in [0, 0.1) is 17.3 Å². The maximum atomic E-state index is 13.4. The predicted octanol–water partition coefficient (Wildman–Crippen LogP) is 8.48. The third-order valence-electron chi connectivity index (χ3n) is 11.6. The van der Waals surface area contributed by atoms with E-state index in [1.54, 1.807) is 14.2 Å². The fourth-order valence-electron chi connectivity index (χ4n) is 9.26. The number of hydrogen-bond donors (Lipinski definition) is 2. The molecule has 6 unspecified atom stereocenters. The highest BCUT2D eigenvalue weighted by Gasteiger charge is 2.56. The summed E-state index contributed by atoms with van der Waals surface area (Å²) < 4.78 is 23.8. The van der Waals surface area contributed by atoms with Crippen LogP contribution in [0.25, 0.3) is 6.08 Å². The molecule has 0 amide bonds. The smallest absolute Gasteiger partial charge is 0.306 e. The van der Waals surface area contributed by atoms with E-state index < -0.39 is 17.6 Å². The van der Waals surface area contributed by atoms with E-state index in [1.807, 2.05) is 42.5 Å². The Labute approximate surface area is 301 Å². The number of unbranched alkanes of at least 4 members (excludes halogenated alkanes) is 3. The minimum Gasteiger partial charge on any atom is -0.504 e. The Morgan fingerprint density at radius 1 is 0.863 bits per heavy atom. The van der Waals surface area contributed by atoms with Crippen molar-refractivity contribution < 1.29 is 38.7 Å². The van der Waals surface area contributed by atoms with Crippen molar-refractivity contribution in [2.24, 2.45) is 17.3 Å². The number of rotatable bonds is 11. The SMILES string of the molecule is CCCCCCC(=O)OC1CC(OC(C)=O)C2Cc3cc(OC)c(O)cc3CC2(C=Cc2ccccc2)C2CCc3cc(O)c(OC)cc3C2C1. The molecule has 6 rings (SSSR count). The van der Waals surface area contributed by atoms with Crippen LogP contribution < -0.4 is 9.47 Å². The molecule has 8 heteroatoms. The van der Waals surface area contributed by atoms with Crippen molar-refractivity contribution in [3.8, 4) is 23.0 Å². The van der Waals surface area contributed by atoms with Gasteiger partial charge >= 0.3 is 11.9 Å². The number of methoxy groups -OCH3 is 2. The topological polar surface area (TPSA) is 112 Å². The van der Waals surface area contributed by atoms with Crippen LogP contribution in [0.5, 0.6) is 23.0 Å². The fraction of sp³-hybridized carbons (Fsp3) is 0.488. The Bertz CT molecular complexity index is 1730. The number of esters is 2. The minimum atomic E-state index is -0.537. The van der Waals surface area contributed by atoms with Gasteiger partial charge in [0, 0.05) is 31.1 Å². The molecule has 0 spiro atoms. The second-order valence-electron chi connectivity index (χ2n) is 14.7. The lowest BCUT2D eigenvalue weighted by Gasteiger charge is -2.56. The number of allylic oxidation sites excluding steroid dienone is 1. The maximum Gasteiger partial charge on any atom is 0.306 e. The molecule has 6 atom stereocenters. The van der Waals surface area contributed by atoms with Crippen LogP contribution >= 0.6 is 0 Å². The summed E-state index contributed by atoms with van der Waals surface area (Å²) >= 11 is 0. The molecule has 0 heterocycles. The number of aryl methyl sites for hydroxylation is 1. The van der Waals surface area contributed by atoms with Crippen molar-refractivity contribution in [2.45, 2.75) is 103 Å². The fourth-order valence-corrected chi connectivity index (χ4v) is 9.26. The molecule has 8 nitrogen and oxygen atoms in total. The number of ether oxygens (including phenoxy) is 4. The van der Waals surface area contributed by atoms with Gasteiger partial charge in [0.2, 0.25) is 0 Å². The molecular formula is C43H52O8. The van der Waals surface area contributed by atoms with E-state index in [-0.39, 0.29) is 41.2 Å². The summed E-state index contributed by atoms with van der Waals surface area (Å²) in [7, 11) is 3.11. The molecule has 0 saturated heterocycles. The van der Waals surface area contributed by atoms with Gasteiger partial charge in [-0.1, -0.05) is 68.7 Å². The molecule has 1 saturated carbocycles. The van der Waals surface area contributed by atoms with Gasteiger partial charge in [0.15, 0.2) is 23.0 Å². The molecule has 51 heavy (non-hydrogen) atoms. The molecule has 1 fully saturated rings. The minimum absolute atomic E-state index is 0.0331. The van der Waals surface area contributed by atoms with Crippen molar-refractivity contribution in [3.05, 3.63) is 88.5 Å². The molecular weight excluding hydrogens is 644 g/mol. The van der Waals surface area contributed by atoms with Crippen molar-refractivity contribution in [1.29, 1.82) is 0 Å². The Morgan fingerprint density at radius 3 is 2.29 bits per heavy atom. The van der Waals surface area contributed by atoms with Gasteiger partial charge in [-0.2, -0.15) is 0 Å². The summed E-state index contributed by atoms with van der Waals surface area (Å²) in [4.78, 5) is 26.3. The molecule has 3 aromatic carbocycles. The summed E-state index contributed by atoms with van der Waals surface area (Å²) in [6, 6.07) is 17.7. The van der Waals surface area contributed by atoms with Crippen LogP contribution in [0.15, 0.2) is 60.7 Å². The Morgan fingerprint density at radius 2 is 1.59 bits per heavy atom. The largest absolute Gasteiger partial charge is 0.504 e. The highest BCUT2D eigenvalue weighted by molar-refractivity contribution is 5.69. The number of carbonyl (C=O) groups is 2. The Hall–Kier alpha value is -4.46. The number of phenols is 2. The van der Waals surface area contributed by atoms with E-state index in [4.69, 9.17) is 18.9 Å². The summed E-state index contributed by atoms with van der Waals surface area (Å²) in [6.45, 7) is 3.60. The lowest BCUT2D eigenvalue weighted by atomic mass is 9.49. The van der Waals surface area contributed by atoms with E-state index in [0.29, 0.717) is 43.6 Å². The maximum absolute atomic E-state index is 13.4. The average molecular weight is 697 g/mol. The van der Waals surface area contributed by atoms with E-state index in [0.717, 1.165) is 66.3 Å². The van der Waals surface area contributed by atoms with E-state index in [9.17, 15) is 19.8 Å². The zero-order valence-electron chi connectivity index (χ0n) is 30.4. The zero-order valence-corrected chi connectivity index (χ0v) is 30.4. The molecule has 0 aliphatic heterocycles. The van der Waals surface area contributed by atoms with Crippen LogP contribution in [0.2, 0.25) is 0 Å². The third-order valence-corrected chi connectivity index (χ3v) is 11.6. The predicted molar refractivity (Wildman–Crippen MR) is 196 cm³/mol. The Kier molecular flexibility index (Phi) is 11.3. The van der Waals surface area contributed by atoms with Gasteiger partial charge < -0.3 is 29.2 Å². The van der Waals surface area contributed by atoms with E-state index >= 15 is 0 Å². The molecule has 3 aromatic rings. The van der Waals surface area contributed by atoms with Gasteiger partial charge in [-0.25, -0.2) is 0 Å². The van der Waals surface area contributed by atoms with Crippen molar-refractivity contribution in [2.75, 3.05) is 14.2 Å². The van der Waals surface area contributed by atoms with Gasteiger partial charge in [-0.05, 0) is 102 Å². The first-order valence-corrected chi connectivity index (χ1v) is 18.5. The second kappa shape index (κ2) is 15.8. The molecule has 3 aliphatic rings. The number of fused-ring (bicyclic) bond motifs is 6. The molecule has 3 aliphatic carbocycles. The quantitative estimate of drug-likeness (QED) is 0.152. The summed E-state index contributed by atoms with van der Waals surface area (Å²) in [5, 5.41) is 21.8. The third kappa shape index (κ3) is 7.75. The first-order valence-electron chi connectivity index (χ1n) is 18.5. The lowest BCUT2D eigenvalue weighted by Crippen LogP contribution is -2.54. The molecule has 0 bridgehead atoms. The molecule has 0 aromatic heterocycles. The number of benzene rings is 3. The highest BCUT2D eigenvalue weighted by Crippen LogP contribution is 2.60. The van der Waals surface area contributed by atoms with E-state index in [1.165, 1.54) is 6.92 Å². The Balaban J connectivity index is 1.53. The van der Waals surface area contributed by atoms with Crippen molar-refractivity contribution in [1.82, 2.24) is 0 Å². The van der Waals surface area contributed by atoms with Gasteiger partial charge in [-0.15, -0.1) is 0 Å². The number of phenolic OH excluding ortho intramolecular Hbond substituents is 2. The number of hydrogen-bond acceptors (Lipinski definition) is 8. The van der Waals surface area contributed by atoms with Gasteiger partial charge in [-0.3, -0.25) is 9.59 Å². The van der Waals surface area contributed by atoms with Crippen LogP contribution in [-0.4, -0.2) is 48.6 Å². The average Bonchev–Trinajstić information content (AvgIpc) is 3.11. The lowest BCUT2D eigenvalue weighted by molar-refractivity contribution is -0.164. The first kappa shape index (κ1) is 36.3. The highest BCUT2D eigenvalue weighted by atomic mass is 16.6. The molecule has 272 valence electrons. The zero-order chi connectivity index (χ0) is 36.1. The summed E-state index contributed by atoms with van der Waals surface area (Å²) in [6.07, 6.45) is 11.4. The first-order chi connectivity index (χ1) is 24.6. The van der Waals surface area contributed by atoms with E-state index in [2.05, 4.69) is 31.2 Å². The summed E-state index contributed by atoms with van der Waals surface area (Å²) in [5.74, 6) is 0.222. The molecule has 0 radical (unpaired) electrons. The standard InChI is InChI=1S/C43H52O8/c1-5-6-7-11-14-42(47)51-32-23-34-33-25-41(49-4)37(45)20-29(33)15-16-35(34)43(18-17-28-12-9-8-10-13-28)26-31-21-38(46)40(48-3)22-30(31)19-36(43)39(24-32)50-27(2)44/h8-10,12-13,17-18,20-22,25,32,34-36,39,45-46H,5-7,11,14-16,19,23-24,26H2,1-4H3. The van der Waals surface area contributed by atoms with Crippen LogP contribution in [0.1, 0.15) is 98.9 Å². The number of carbonyl (C=O) groups excluding carboxylic acids is 2. The van der Waals surface area contributed by atoms with Crippen LogP contribution in [0.4, 0.5) is 0 Å². The summed E-state index contributed by atoms with van der Waals surface area (Å²) in [5.41, 5.74) is 4.77. The van der Waals surface area contributed by atoms with Gasteiger partial charge in [0.25, 0.3) is 0 Å². The van der Waals surface area contributed by atoms with Crippen molar-refractivity contribution in [3.63, 3.8) is 0 Å². The monoisotopic (exact) mass is 696 g/mol. The molecule has 2 N–H and O–H groups in total.